The smallest absolute Gasteiger partial charge is 0.263 e. The molecule has 0 saturated carbocycles. The zero-order chi connectivity index (χ0) is 19.5. The number of carbonyl (C=O) groups excluding carboxylic acids is 1. The van der Waals surface area contributed by atoms with E-state index in [1.54, 1.807) is 0 Å². The number of nitrogens with two attached hydrogens (primary N) is 1. The Labute approximate surface area is 172 Å². The van der Waals surface area contributed by atoms with Crippen LogP contribution in [0.15, 0.2) is 66.7 Å². The summed E-state index contributed by atoms with van der Waals surface area (Å²) in [6.07, 6.45) is 0.774. The van der Waals surface area contributed by atoms with Crippen molar-refractivity contribution in [2.24, 2.45) is 0 Å². The van der Waals surface area contributed by atoms with Crippen LogP contribution in [0.4, 0.5) is 5.69 Å². The number of nitrogen functional groups attached to an aromatic ring is 1. The van der Waals surface area contributed by atoms with Gasteiger partial charge in [0.05, 0.1) is 11.4 Å². The first-order valence-corrected chi connectivity index (χ1v) is 10.1. The summed E-state index contributed by atoms with van der Waals surface area (Å²) in [6.45, 7) is 0.556. The maximum absolute atomic E-state index is 12.6. The molecule has 0 spiro atoms. The number of nitrogens with one attached hydrogen (secondary N) is 1. The Balaban J connectivity index is 1.53. The average Bonchev–Trinajstić information content (AvgIpc) is 3.05. The molecule has 4 aromatic rings. The standard InChI is InChI=1S/C22H18ClN3OS/c23-16-8-6-15(7-9-16)18-11-10-17-19(24)20(28-22(17)26-18)21(27)25-13-12-14-4-2-1-3-5-14/h1-11H,12-13,24H2,(H,25,27). The van der Waals surface area contributed by atoms with Gasteiger partial charge in [-0.15, -0.1) is 11.3 Å². The second-order valence-electron chi connectivity index (χ2n) is 6.39. The first-order valence-electron chi connectivity index (χ1n) is 8.89. The molecule has 4 rings (SSSR count). The van der Waals surface area contributed by atoms with Gasteiger partial charge in [-0.05, 0) is 36.2 Å². The molecule has 0 fully saturated rings. The van der Waals surface area contributed by atoms with Crippen LogP contribution >= 0.6 is 22.9 Å². The number of amides is 1. The number of nitrogens with zero attached hydrogens (tertiary/aromatic N) is 1. The molecular weight excluding hydrogens is 390 g/mol. The lowest BCUT2D eigenvalue weighted by atomic mass is 10.1. The predicted molar refractivity (Wildman–Crippen MR) is 117 cm³/mol. The number of hydrogen-bond acceptors (Lipinski definition) is 4. The van der Waals surface area contributed by atoms with Crippen molar-refractivity contribution in [3.8, 4) is 11.3 Å². The Kier molecular flexibility index (Phi) is 5.28. The summed E-state index contributed by atoms with van der Waals surface area (Å²) >= 11 is 7.27. The highest BCUT2D eigenvalue weighted by molar-refractivity contribution is 7.21. The third kappa shape index (κ3) is 3.86. The minimum absolute atomic E-state index is 0.163. The third-order valence-electron chi connectivity index (χ3n) is 4.48. The lowest BCUT2D eigenvalue weighted by molar-refractivity contribution is 0.0959. The van der Waals surface area contributed by atoms with Crippen LogP contribution in [-0.4, -0.2) is 17.4 Å². The normalized spacial score (nSPS) is 10.9. The molecule has 0 atom stereocenters. The molecule has 0 radical (unpaired) electrons. The first kappa shape index (κ1) is 18.5. The number of thiophene rings is 1. The molecule has 140 valence electrons. The molecule has 6 heteroatoms. The molecule has 4 nitrogen and oxygen atoms in total. The number of benzene rings is 2. The molecule has 0 saturated heterocycles. The van der Waals surface area contributed by atoms with Gasteiger partial charge < -0.3 is 11.1 Å². The fourth-order valence-corrected chi connectivity index (χ4v) is 4.13. The van der Waals surface area contributed by atoms with Crippen molar-refractivity contribution in [1.29, 1.82) is 0 Å². The average molecular weight is 408 g/mol. The van der Waals surface area contributed by atoms with Crippen LogP contribution in [0.2, 0.25) is 5.02 Å². The maximum Gasteiger partial charge on any atom is 0.263 e. The van der Waals surface area contributed by atoms with Crippen molar-refractivity contribution in [1.82, 2.24) is 10.3 Å². The maximum atomic E-state index is 12.6. The zero-order valence-corrected chi connectivity index (χ0v) is 16.6. The Morgan fingerprint density at radius 3 is 2.54 bits per heavy atom. The van der Waals surface area contributed by atoms with Gasteiger partial charge in [-0.25, -0.2) is 4.98 Å². The summed E-state index contributed by atoms with van der Waals surface area (Å²) in [5, 5.41) is 4.43. The van der Waals surface area contributed by atoms with Gasteiger partial charge in [-0.1, -0.05) is 54.1 Å². The summed E-state index contributed by atoms with van der Waals surface area (Å²) in [5.74, 6) is -0.163. The van der Waals surface area contributed by atoms with Crippen LogP contribution in [0, 0.1) is 0 Å². The molecule has 0 aliphatic rings. The topological polar surface area (TPSA) is 68.0 Å². The number of carbonyl (C=O) groups is 1. The van der Waals surface area contributed by atoms with Gasteiger partial charge in [0, 0.05) is 22.5 Å². The van der Waals surface area contributed by atoms with E-state index < -0.39 is 0 Å². The van der Waals surface area contributed by atoms with Crippen LogP contribution in [0.5, 0.6) is 0 Å². The van der Waals surface area contributed by atoms with Crippen molar-refractivity contribution in [3.63, 3.8) is 0 Å². The van der Waals surface area contributed by atoms with Gasteiger partial charge in [0.1, 0.15) is 9.71 Å². The van der Waals surface area contributed by atoms with E-state index >= 15 is 0 Å². The zero-order valence-electron chi connectivity index (χ0n) is 15.0. The van der Waals surface area contributed by atoms with Gasteiger partial charge in [0.15, 0.2) is 0 Å². The highest BCUT2D eigenvalue weighted by atomic mass is 35.5. The lowest BCUT2D eigenvalue weighted by Crippen LogP contribution is -2.25. The fraction of sp³-hybridized carbons (Fsp3) is 0.0909. The first-order chi connectivity index (χ1) is 13.6. The van der Waals surface area contributed by atoms with Gasteiger partial charge in [0.25, 0.3) is 5.91 Å². The molecule has 0 aliphatic carbocycles. The van der Waals surface area contributed by atoms with Crippen LogP contribution in [0.3, 0.4) is 0 Å². The summed E-state index contributed by atoms with van der Waals surface area (Å²) < 4.78 is 0. The molecule has 2 aromatic carbocycles. The summed E-state index contributed by atoms with van der Waals surface area (Å²) in [4.78, 5) is 18.5. The number of fused-ring (bicyclic) bond motifs is 1. The van der Waals surface area contributed by atoms with E-state index in [2.05, 4.69) is 10.3 Å². The quantitative estimate of drug-likeness (QED) is 0.479. The van der Waals surface area contributed by atoms with Crippen LogP contribution in [-0.2, 0) is 6.42 Å². The number of anilines is 1. The predicted octanol–water partition coefficient (Wildman–Crippen LogP) is 5.17. The fourth-order valence-electron chi connectivity index (χ4n) is 2.99. The minimum atomic E-state index is -0.163. The number of rotatable bonds is 5. The van der Waals surface area contributed by atoms with E-state index in [1.807, 2.05) is 66.7 Å². The van der Waals surface area contributed by atoms with Gasteiger partial charge in [-0.2, -0.15) is 0 Å². The Morgan fingerprint density at radius 1 is 1.04 bits per heavy atom. The van der Waals surface area contributed by atoms with E-state index in [-0.39, 0.29) is 5.91 Å². The van der Waals surface area contributed by atoms with Crippen molar-refractivity contribution in [2.75, 3.05) is 12.3 Å². The Hall–Kier alpha value is -2.89. The van der Waals surface area contributed by atoms with Crippen LogP contribution in [0.25, 0.3) is 21.5 Å². The van der Waals surface area contributed by atoms with Crippen molar-refractivity contribution in [2.45, 2.75) is 6.42 Å². The third-order valence-corrected chi connectivity index (χ3v) is 5.85. The monoisotopic (exact) mass is 407 g/mol. The molecule has 2 aromatic heterocycles. The van der Waals surface area contributed by atoms with Gasteiger partial charge in [0.2, 0.25) is 0 Å². The highest BCUT2D eigenvalue weighted by Crippen LogP contribution is 2.34. The summed E-state index contributed by atoms with van der Waals surface area (Å²) in [5.41, 5.74) is 9.67. The lowest BCUT2D eigenvalue weighted by Gasteiger charge is -2.04. The van der Waals surface area contributed by atoms with Gasteiger partial charge in [-0.3, -0.25) is 4.79 Å². The molecule has 0 aliphatic heterocycles. The van der Waals surface area contributed by atoms with Crippen LogP contribution < -0.4 is 11.1 Å². The molecule has 1 amide bonds. The summed E-state index contributed by atoms with van der Waals surface area (Å²) in [6, 6.07) is 21.4. The van der Waals surface area contributed by atoms with Crippen molar-refractivity contribution in [3.05, 3.63) is 82.2 Å². The minimum Gasteiger partial charge on any atom is -0.397 e. The Morgan fingerprint density at radius 2 is 1.79 bits per heavy atom. The SMILES string of the molecule is Nc1c(C(=O)NCCc2ccccc2)sc2nc(-c3ccc(Cl)cc3)ccc12. The number of halogens is 1. The summed E-state index contributed by atoms with van der Waals surface area (Å²) in [7, 11) is 0. The number of pyridine rings is 1. The second-order valence-corrected chi connectivity index (χ2v) is 7.83. The van der Waals surface area contributed by atoms with Crippen molar-refractivity contribution < 1.29 is 4.79 Å². The van der Waals surface area contributed by atoms with E-state index in [4.69, 9.17) is 17.3 Å². The van der Waals surface area contributed by atoms with Crippen LogP contribution in [0.1, 0.15) is 15.2 Å². The Bertz CT molecular complexity index is 1120. The van der Waals surface area contributed by atoms with E-state index in [0.29, 0.717) is 22.1 Å². The molecular formula is C22H18ClN3OS. The van der Waals surface area contributed by atoms with E-state index in [9.17, 15) is 4.79 Å². The second kappa shape index (κ2) is 8.00. The molecule has 2 heterocycles. The van der Waals surface area contributed by atoms with Crippen molar-refractivity contribution >= 4 is 44.7 Å². The van der Waals surface area contributed by atoms with Gasteiger partial charge >= 0.3 is 0 Å². The number of aromatic nitrogens is 1. The molecule has 3 N–H and O–H groups in total. The molecule has 0 unspecified atom stereocenters. The molecule has 28 heavy (non-hydrogen) atoms. The van der Waals surface area contributed by atoms with E-state index in [0.717, 1.165) is 27.9 Å². The van der Waals surface area contributed by atoms with E-state index in [1.165, 1.54) is 16.9 Å². The highest BCUT2D eigenvalue weighted by Gasteiger charge is 2.17. The number of hydrogen-bond donors (Lipinski definition) is 2. The molecule has 0 bridgehead atoms. The largest absolute Gasteiger partial charge is 0.397 e.